The van der Waals surface area contributed by atoms with Crippen LogP contribution in [0, 0.1) is 5.92 Å². The summed E-state index contributed by atoms with van der Waals surface area (Å²) < 4.78 is 5.04. The van der Waals surface area contributed by atoms with Crippen LogP contribution in [0.5, 0.6) is 0 Å². The van der Waals surface area contributed by atoms with E-state index in [1.807, 2.05) is 0 Å². The molecule has 2 aliphatic heterocycles. The predicted molar refractivity (Wildman–Crippen MR) is 39.4 cm³/mol. The number of aliphatic hydroxyl groups is 1. The van der Waals surface area contributed by atoms with Crippen LogP contribution < -0.4 is 23.0 Å². The molecule has 0 aromatic carbocycles. The molecule has 2 heterocycles. The van der Waals surface area contributed by atoms with E-state index in [4.69, 9.17) is 9.84 Å². The van der Waals surface area contributed by atoms with E-state index in [-0.39, 0.29) is 43.2 Å². The molecule has 0 spiro atoms. The Morgan fingerprint density at radius 3 is 3.08 bits per heavy atom. The van der Waals surface area contributed by atoms with Crippen molar-refractivity contribution in [2.45, 2.75) is 12.1 Å². The topological polar surface area (TPSA) is 75.2 Å². The molecule has 6 heteroatoms. The van der Waals surface area contributed by atoms with Crippen molar-refractivity contribution < 1.29 is 32.4 Å². The molecule has 2 fully saturated rings. The van der Waals surface area contributed by atoms with Crippen LogP contribution >= 0.6 is 0 Å². The zero-order valence-electron chi connectivity index (χ0n) is 7.07. The summed E-state index contributed by atoms with van der Waals surface area (Å²) in [6.07, 6.45) is -0.466. The van der Waals surface area contributed by atoms with E-state index in [9.17, 15) is 4.79 Å². The molecule has 0 bridgehead atoms. The first kappa shape index (κ1) is 10.6. The maximum atomic E-state index is 10.8. The lowest BCUT2D eigenvalue weighted by Gasteiger charge is -2.27. The Kier molecular flexibility index (Phi) is 3.35. The Labute approximate surface area is 82.2 Å². The second-order valence-electron chi connectivity index (χ2n) is 3.32. The van der Waals surface area contributed by atoms with Gasteiger partial charge in [-0.3, -0.25) is 0 Å². The van der Waals surface area contributed by atoms with Crippen LogP contribution in [0.1, 0.15) is 0 Å². The number of nitrogens with one attached hydrogen (secondary N) is 1. The fourth-order valence-electron chi connectivity index (χ4n) is 1.89. The molecule has 5 nitrogen and oxygen atoms in total. The second-order valence-corrected chi connectivity index (χ2v) is 3.32. The van der Waals surface area contributed by atoms with Crippen molar-refractivity contribution in [3.05, 3.63) is 0 Å². The Bertz CT molecular complexity index is 202. The molecule has 0 radical (unpaired) electrons. The summed E-state index contributed by atoms with van der Waals surface area (Å²) in [7, 11) is 0. The lowest BCUT2D eigenvalue weighted by Crippen LogP contribution is -3.00. The van der Waals surface area contributed by atoms with Gasteiger partial charge in [0.15, 0.2) is 0 Å². The van der Waals surface area contributed by atoms with Crippen LogP contribution in [-0.4, -0.2) is 43.0 Å². The van der Waals surface area contributed by atoms with E-state index in [0.717, 1.165) is 13.1 Å². The largest absolute Gasteiger partial charge is 1.00 e. The van der Waals surface area contributed by atoms with Gasteiger partial charge in [-0.25, -0.2) is 4.79 Å². The van der Waals surface area contributed by atoms with E-state index >= 15 is 0 Å². The molecule has 2 aliphatic rings. The molecule has 4 N–H and O–H groups in total. The number of hydrogen-bond acceptors (Lipinski definition) is 3. The van der Waals surface area contributed by atoms with Gasteiger partial charge in [0.05, 0.1) is 25.6 Å². The predicted octanol–water partition coefficient (Wildman–Crippen LogP) is -5.35. The Morgan fingerprint density at radius 1 is 1.62 bits per heavy atom. The monoisotopic (exact) mass is 208 g/mol. The number of carbonyl (C=O) groups excluding carboxylic acids is 1. The van der Waals surface area contributed by atoms with Crippen LogP contribution in [0.3, 0.4) is 0 Å². The fraction of sp³-hybridized carbons (Fsp3) is 0.857. The van der Waals surface area contributed by atoms with E-state index in [1.165, 1.54) is 0 Å². The molecule has 2 saturated heterocycles. The number of aliphatic hydroxyl groups excluding tert-OH is 1. The Hall–Kier alpha value is -0.520. The van der Waals surface area contributed by atoms with Gasteiger partial charge in [-0.05, 0) is 0 Å². The second kappa shape index (κ2) is 4.13. The maximum Gasteiger partial charge on any atom is 0.408 e. The summed E-state index contributed by atoms with van der Waals surface area (Å²) in [6, 6.07) is 0.0865. The minimum absolute atomic E-state index is 0. The van der Waals surface area contributed by atoms with E-state index < -0.39 is 0 Å². The van der Waals surface area contributed by atoms with Crippen LogP contribution in [0.25, 0.3) is 0 Å². The zero-order valence-corrected chi connectivity index (χ0v) is 7.83. The smallest absolute Gasteiger partial charge is 0.408 e. The molecule has 3 atom stereocenters. The summed E-state index contributed by atoms with van der Waals surface area (Å²) in [5.74, 6) is 0.0858. The van der Waals surface area contributed by atoms with E-state index in [2.05, 4.69) is 10.6 Å². The number of nitrogens with two attached hydrogens (primary N) is 1. The minimum Gasteiger partial charge on any atom is -1.00 e. The van der Waals surface area contributed by atoms with E-state index in [0.29, 0.717) is 0 Å². The molecule has 13 heavy (non-hydrogen) atoms. The molecule has 0 unspecified atom stereocenters. The van der Waals surface area contributed by atoms with Crippen molar-refractivity contribution in [1.82, 2.24) is 5.32 Å². The number of hydrogen-bond donors (Lipinski definition) is 3. The first-order chi connectivity index (χ1) is 5.81. The van der Waals surface area contributed by atoms with Gasteiger partial charge < -0.3 is 32.9 Å². The lowest BCUT2D eigenvalue weighted by molar-refractivity contribution is -0.673. The normalized spacial score (nSPS) is 37.0. The molecule has 0 saturated carbocycles. The van der Waals surface area contributed by atoms with Gasteiger partial charge in [-0.15, -0.1) is 0 Å². The third-order valence-corrected chi connectivity index (χ3v) is 2.53. The van der Waals surface area contributed by atoms with Crippen molar-refractivity contribution in [3.8, 4) is 0 Å². The van der Waals surface area contributed by atoms with Crippen LogP contribution in [-0.2, 0) is 4.74 Å². The summed E-state index contributed by atoms with van der Waals surface area (Å²) in [6.45, 7) is 1.78. The van der Waals surface area contributed by atoms with Gasteiger partial charge in [0, 0.05) is 0 Å². The third kappa shape index (κ3) is 1.87. The number of carbonyl (C=O) groups is 1. The SMILES string of the molecule is O=C1N[C@@H]2C[NH2+]C[C@H](CO)[C@H]2O1.[Cl-]. The van der Waals surface area contributed by atoms with Gasteiger partial charge in [0.1, 0.15) is 12.1 Å². The van der Waals surface area contributed by atoms with Crippen LogP contribution in [0.2, 0.25) is 0 Å². The summed E-state index contributed by atoms with van der Waals surface area (Å²) >= 11 is 0. The highest BCUT2D eigenvalue weighted by molar-refractivity contribution is 5.70. The number of piperidine rings is 1. The lowest BCUT2D eigenvalue weighted by atomic mass is 9.94. The molecular formula is C7H13ClN2O3. The van der Waals surface area contributed by atoms with Gasteiger partial charge >= 0.3 is 6.09 Å². The van der Waals surface area contributed by atoms with Crippen molar-refractivity contribution in [2.24, 2.45) is 5.92 Å². The number of ether oxygens (including phenoxy) is 1. The van der Waals surface area contributed by atoms with E-state index in [1.54, 1.807) is 0 Å². The molecule has 0 aliphatic carbocycles. The van der Waals surface area contributed by atoms with Crippen molar-refractivity contribution >= 4 is 6.09 Å². The average Bonchev–Trinajstić information content (AvgIpc) is 2.44. The molecule has 0 aromatic heterocycles. The molecule has 2 rings (SSSR count). The Morgan fingerprint density at radius 2 is 2.38 bits per heavy atom. The van der Waals surface area contributed by atoms with Crippen molar-refractivity contribution in [2.75, 3.05) is 19.7 Å². The van der Waals surface area contributed by atoms with Crippen molar-refractivity contribution in [3.63, 3.8) is 0 Å². The third-order valence-electron chi connectivity index (χ3n) is 2.53. The summed E-state index contributed by atoms with van der Waals surface area (Å²) in [5, 5.41) is 13.8. The first-order valence-corrected chi connectivity index (χ1v) is 4.21. The number of amides is 1. The molecule has 1 amide bonds. The average molecular weight is 209 g/mol. The highest BCUT2D eigenvalue weighted by atomic mass is 35.5. The number of alkyl carbamates (subject to hydrolysis) is 1. The highest BCUT2D eigenvalue weighted by Crippen LogP contribution is 2.17. The molecule has 76 valence electrons. The van der Waals surface area contributed by atoms with Crippen LogP contribution in [0.4, 0.5) is 4.79 Å². The number of rotatable bonds is 1. The summed E-state index contributed by atoms with van der Waals surface area (Å²) in [4.78, 5) is 10.8. The minimum atomic E-state index is -0.348. The van der Waals surface area contributed by atoms with Gasteiger partial charge in [-0.1, -0.05) is 0 Å². The Balaban J connectivity index is 0.000000845. The molecule has 0 aromatic rings. The fourth-order valence-corrected chi connectivity index (χ4v) is 1.89. The van der Waals surface area contributed by atoms with Gasteiger partial charge in [0.25, 0.3) is 0 Å². The van der Waals surface area contributed by atoms with Crippen LogP contribution in [0.15, 0.2) is 0 Å². The molecular weight excluding hydrogens is 196 g/mol. The maximum absolute atomic E-state index is 10.8. The number of halogens is 1. The van der Waals surface area contributed by atoms with Gasteiger partial charge in [0.2, 0.25) is 0 Å². The highest BCUT2D eigenvalue weighted by Gasteiger charge is 2.43. The quantitative estimate of drug-likeness (QED) is 0.403. The standard InChI is InChI=1S/C7H12N2O3.ClH/c10-3-4-1-8-2-5-6(4)12-7(11)9-5;/h4-6,8,10H,1-3H2,(H,9,11);1H/t4-,5-,6-;/m1./s1. The van der Waals surface area contributed by atoms with Gasteiger partial charge in [-0.2, -0.15) is 0 Å². The summed E-state index contributed by atoms with van der Waals surface area (Å²) in [5.41, 5.74) is 0. The first-order valence-electron chi connectivity index (χ1n) is 4.21. The van der Waals surface area contributed by atoms with Crippen molar-refractivity contribution in [1.29, 1.82) is 0 Å². The number of fused-ring (bicyclic) bond motifs is 1. The zero-order chi connectivity index (χ0) is 8.55. The number of quaternary nitrogens is 1.